The highest BCUT2D eigenvalue weighted by Crippen LogP contribution is 2.31. The summed E-state index contributed by atoms with van der Waals surface area (Å²) < 4.78 is 0. The number of aliphatic carboxylic acids is 1. The summed E-state index contributed by atoms with van der Waals surface area (Å²) in [5.74, 6) is 0.0471. The monoisotopic (exact) mass is 397 g/mol. The summed E-state index contributed by atoms with van der Waals surface area (Å²) in [6.07, 6.45) is 2.98. The number of imidazole rings is 1. The molecule has 0 saturated heterocycles. The molecule has 1 unspecified atom stereocenters. The molecule has 0 radical (unpaired) electrons. The molecule has 1 atom stereocenters. The fourth-order valence-corrected chi connectivity index (χ4v) is 3.19. The van der Waals surface area contributed by atoms with Gasteiger partial charge in [0.15, 0.2) is 11.5 Å². The van der Waals surface area contributed by atoms with Crippen LogP contribution in [-0.4, -0.2) is 42.5 Å². The van der Waals surface area contributed by atoms with Crippen LogP contribution in [0.25, 0.3) is 22.1 Å². The van der Waals surface area contributed by atoms with Crippen molar-refractivity contribution in [1.29, 1.82) is 0 Å². The summed E-state index contributed by atoms with van der Waals surface area (Å²) in [4.78, 5) is 31.1. The van der Waals surface area contributed by atoms with Crippen LogP contribution in [0.2, 0.25) is 5.02 Å². The van der Waals surface area contributed by atoms with Crippen molar-refractivity contribution in [3.63, 3.8) is 0 Å². The van der Waals surface area contributed by atoms with Gasteiger partial charge in [0.25, 0.3) is 0 Å². The zero-order valence-corrected chi connectivity index (χ0v) is 15.5. The molecule has 4 N–H and O–H groups in total. The number of carboxylic acid groups (broad SMARTS) is 1. The highest BCUT2D eigenvalue weighted by molar-refractivity contribution is 6.35. The maximum Gasteiger partial charge on any atom is 0.322 e. The molecule has 0 aliphatic rings. The number of aromatic nitrogens is 5. The molecular weight excluding hydrogens is 382 g/mol. The van der Waals surface area contributed by atoms with Gasteiger partial charge >= 0.3 is 5.97 Å². The number of para-hydroxylation sites is 1. The largest absolute Gasteiger partial charge is 0.480 e. The van der Waals surface area contributed by atoms with Gasteiger partial charge in [-0.3, -0.25) is 4.79 Å². The van der Waals surface area contributed by atoms with Crippen LogP contribution in [0.4, 0.5) is 11.6 Å². The number of carbonyl (C=O) groups is 1. The minimum Gasteiger partial charge on any atom is -0.480 e. The standard InChI is InChI=1S/C18H16ClN7O2/c1-9(25-18-15-17(22-7-21-15)23-8-24-18)11-5-10-3-2-4-12(19)14(10)26-16(11)20-6-13(27)28/h2-5,7-9H,6H2,1H3,(H,20,26)(H,27,28)(H2,21,22,23,24,25). The zero-order chi connectivity index (χ0) is 19.7. The molecular formula is C18H16ClN7O2. The predicted octanol–water partition coefficient (Wildman–Crippen LogP) is 3.22. The van der Waals surface area contributed by atoms with Crippen molar-refractivity contribution < 1.29 is 9.90 Å². The second-order valence-electron chi connectivity index (χ2n) is 6.17. The SMILES string of the molecule is CC(Nc1ncnc2nc[nH]c12)c1cc2cccc(Cl)c2nc1NCC(=O)O. The van der Waals surface area contributed by atoms with Gasteiger partial charge in [0.05, 0.1) is 22.9 Å². The third kappa shape index (κ3) is 3.39. The first-order valence-electron chi connectivity index (χ1n) is 8.48. The van der Waals surface area contributed by atoms with E-state index in [1.165, 1.54) is 6.33 Å². The lowest BCUT2D eigenvalue weighted by Crippen LogP contribution is -2.17. The number of pyridine rings is 1. The summed E-state index contributed by atoms with van der Waals surface area (Å²) in [6, 6.07) is 7.19. The number of benzene rings is 1. The molecule has 3 heterocycles. The van der Waals surface area contributed by atoms with Gasteiger partial charge in [-0.15, -0.1) is 0 Å². The molecule has 0 aliphatic heterocycles. The van der Waals surface area contributed by atoms with Gasteiger partial charge in [-0.05, 0) is 19.1 Å². The van der Waals surface area contributed by atoms with Crippen molar-refractivity contribution in [3.05, 3.63) is 47.5 Å². The van der Waals surface area contributed by atoms with Gasteiger partial charge in [-0.1, -0.05) is 23.7 Å². The molecule has 142 valence electrons. The molecule has 4 rings (SSSR count). The summed E-state index contributed by atoms with van der Waals surface area (Å²) in [7, 11) is 0. The van der Waals surface area contributed by atoms with E-state index in [2.05, 4.69) is 35.6 Å². The number of rotatable bonds is 6. The molecule has 0 spiro atoms. The van der Waals surface area contributed by atoms with Crippen LogP contribution in [0.15, 0.2) is 36.9 Å². The Morgan fingerprint density at radius 2 is 2.14 bits per heavy atom. The normalized spacial score (nSPS) is 12.2. The van der Waals surface area contributed by atoms with Crippen LogP contribution in [0.3, 0.4) is 0 Å². The maximum atomic E-state index is 11.0. The number of nitrogens with zero attached hydrogens (tertiary/aromatic N) is 4. The summed E-state index contributed by atoms with van der Waals surface area (Å²) in [6.45, 7) is 1.67. The van der Waals surface area contributed by atoms with E-state index in [0.717, 1.165) is 10.9 Å². The molecule has 0 saturated carbocycles. The molecule has 0 fully saturated rings. The lowest BCUT2D eigenvalue weighted by molar-refractivity contribution is -0.134. The molecule has 10 heteroatoms. The molecule has 4 aromatic rings. The Bertz CT molecular complexity index is 1180. The van der Waals surface area contributed by atoms with Crippen molar-refractivity contribution in [1.82, 2.24) is 24.9 Å². The summed E-state index contributed by atoms with van der Waals surface area (Å²) in [5, 5.41) is 16.6. The molecule has 28 heavy (non-hydrogen) atoms. The number of H-pyrrole nitrogens is 1. The third-order valence-electron chi connectivity index (χ3n) is 4.28. The van der Waals surface area contributed by atoms with Gasteiger partial charge < -0.3 is 20.7 Å². The molecule has 0 bridgehead atoms. The van der Waals surface area contributed by atoms with Crippen LogP contribution in [0.1, 0.15) is 18.5 Å². The predicted molar refractivity (Wildman–Crippen MR) is 107 cm³/mol. The van der Waals surface area contributed by atoms with Crippen molar-refractivity contribution in [2.24, 2.45) is 0 Å². The molecule has 0 amide bonds. The highest BCUT2D eigenvalue weighted by Gasteiger charge is 2.17. The number of hydrogen-bond acceptors (Lipinski definition) is 7. The van der Waals surface area contributed by atoms with Crippen LogP contribution >= 0.6 is 11.6 Å². The van der Waals surface area contributed by atoms with Gasteiger partial charge in [0, 0.05) is 10.9 Å². The number of anilines is 2. The third-order valence-corrected chi connectivity index (χ3v) is 4.58. The van der Waals surface area contributed by atoms with Gasteiger partial charge in [-0.2, -0.15) is 0 Å². The number of halogens is 1. The number of carboxylic acids is 1. The van der Waals surface area contributed by atoms with Crippen LogP contribution in [0.5, 0.6) is 0 Å². The number of aromatic amines is 1. The Balaban J connectivity index is 1.75. The fourth-order valence-electron chi connectivity index (χ4n) is 2.97. The van der Waals surface area contributed by atoms with E-state index in [0.29, 0.717) is 33.3 Å². The Labute approximate surface area is 164 Å². The first kappa shape index (κ1) is 17.9. The van der Waals surface area contributed by atoms with Crippen LogP contribution < -0.4 is 10.6 Å². The minimum absolute atomic E-state index is 0.242. The van der Waals surface area contributed by atoms with E-state index in [1.54, 1.807) is 12.4 Å². The number of hydrogen-bond donors (Lipinski definition) is 4. The van der Waals surface area contributed by atoms with Gasteiger partial charge in [0.1, 0.15) is 24.2 Å². The van der Waals surface area contributed by atoms with Crippen molar-refractivity contribution in [3.8, 4) is 0 Å². The molecule has 3 aromatic heterocycles. The molecule has 1 aromatic carbocycles. The minimum atomic E-state index is -0.984. The van der Waals surface area contributed by atoms with Crippen LogP contribution in [-0.2, 0) is 4.79 Å². The van der Waals surface area contributed by atoms with Crippen LogP contribution in [0, 0.1) is 0 Å². The Morgan fingerprint density at radius 3 is 2.96 bits per heavy atom. The average molecular weight is 398 g/mol. The zero-order valence-electron chi connectivity index (χ0n) is 14.8. The van der Waals surface area contributed by atoms with E-state index in [9.17, 15) is 4.79 Å². The second kappa shape index (κ2) is 7.28. The van der Waals surface area contributed by atoms with Gasteiger partial charge in [-0.25, -0.2) is 19.9 Å². The quantitative estimate of drug-likeness (QED) is 0.390. The van der Waals surface area contributed by atoms with E-state index in [-0.39, 0.29) is 12.6 Å². The Kier molecular flexibility index (Phi) is 4.66. The fraction of sp³-hybridized carbons (Fsp3) is 0.167. The average Bonchev–Trinajstić information content (AvgIpc) is 3.16. The Morgan fingerprint density at radius 1 is 1.29 bits per heavy atom. The Hall–Kier alpha value is -3.46. The van der Waals surface area contributed by atoms with E-state index < -0.39 is 5.97 Å². The van der Waals surface area contributed by atoms with E-state index in [1.807, 2.05) is 25.1 Å². The van der Waals surface area contributed by atoms with E-state index in [4.69, 9.17) is 16.7 Å². The first-order valence-corrected chi connectivity index (χ1v) is 8.86. The summed E-state index contributed by atoms with van der Waals surface area (Å²) >= 11 is 6.26. The molecule has 0 aliphatic carbocycles. The lowest BCUT2D eigenvalue weighted by Gasteiger charge is -2.19. The van der Waals surface area contributed by atoms with Crippen molar-refractivity contribution >= 4 is 51.3 Å². The highest BCUT2D eigenvalue weighted by atomic mass is 35.5. The maximum absolute atomic E-state index is 11.0. The topological polar surface area (TPSA) is 129 Å². The lowest BCUT2D eigenvalue weighted by atomic mass is 10.1. The summed E-state index contributed by atoms with van der Waals surface area (Å²) in [5.41, 5.74) is 2.62. The molecule has 9 nitrogen and oxygen atoms in total. The first-order chi connectivity index (χ1) is 13.5. The van der Waals surface area contributed by atoms with Gasteiger partial charge in [0.2, 0.25) is 0 Å². The van der Waals surface area contributed by atoms with Crippen molar-refractivity contribution in [2.75, 3.05) is 17.2 Å². The smallest absolute Gasteiger partial charge is 0.322 e. The number of nitrogens with one attached hydrogen (secondary N) is 3. The number of fused-ring (bicyclic) bond motifs is 2. The second-order valence-corrected chi connectivity index (χ2v) is 6.58. The van der Waals surface area contributed by atoms with E-state index >= 15 is 0 Å². The van der Waals surface area contributed by atoms with Crippen molar-refractivity contribution in [2.45, 2.75) is 13.0 Å².